The van der Waals surface area contributed by atoms with Crippen LogP contribution in [0, 0.1) is 11.6 Å². The van der Waals surface area contributed by atoms with Gasteiger partial charge in [0.25, 0.3) is 0 Å². The predicted octanol–water partition coefficient (Wildman–Crippen LogP) is 2.95. The Balaban J connectivity index is 1.92. The third-order valence-corrected chi connectivity index (χ3v) is 4.41. The lowest BCUT2D eigenvalue weighted by molar-refractivity contribution is 0.00530. The molecule has 124 valence electrons. The van der Waals surface area contributed by atoms with Crippen molar-refractivity contribution in [1.82, 2.24) is 19.6 Å². The van der Waals surface area contributed by atoms with Gasteiger partial charge >= 0.3 is 0 Å². The summed E-state index contributed by atoms with van der Waals surface area (Å²) in [6, 6.07) is 2.50. The van der Waals surface area contributed by atoms with Crippen LogP contribution in [-0.4, -0.2) is 39.9 Å². The summed E-state index contributed by atoms with van der Waals surface area (Å²) in [7, 11) is 1.55. The Morgan fingerprint density at radius 2 is 2.08 bits per heavy atom. The number of halogens is 3. The number of pyridine rings is 1. The monoisotopic (exact) mass is 396 g/mol. The highest BCUT2D eigenvalue weighted by Gasteiger charge is 2.27. The molecule has 0 radical (unpaired) electrons. The maximum atomic E-state index is 14.2. The van der Waals surface area contributed by atoms with E-state index in [0.29, 0.717) is 36.0 Å². The van der Waals surface area contributed by atoms with E-state index in [9.17, 15) is 8.78 Å². The van der Waals surface area contributed by atoms with Crippen molar-refractivity contribution in [2.45, 2.75) is 5.92 Å². The first-order valence-corrected chi connectivity index (χ1v) is 7.90. The van der Waals surface area contributed by atoms with Gasteiger partial charge in [-0.05, 0) is 15.9 Å². The zero-order valence-electron chi connectivity index (χ0n) is 12.5. The molecular weight excluding hydrogens is 386 g/mol. The maximum absolute atomic E-state index is 14.2. The number of hydrogen-bond donors (Lipinski definition) is 0. The molecule has 1 aliphatic rings. The van der Waals surface area contributed by atoms with Gasteiger partial charge in [0.1, 0.15) is 27.4 Å². The minimum atomic E-state index is -0.788. The van der Waals surface area contributed by atoms with Crippen molar-refractivity contribution >= 4 is 21.6 Å². The van der Waals surface area contributed by atoms with Gasteiger partial charge in [0.2, 0.25) is 0 Å². The molecule has 3 aromatic heterocycles. The third-order valence-electron chi connectivity index (χ3n) is 3.86. The van der Waals surface area contributed by atoms with Crippen molar-refractivity contribution in [2.24, 2.45) is 0 Å². The summed E-state index contributed by atoms with van der Waals surface area (Å²) in [6.07, 6.45) is 1.44. The molecule has 0 N–H and O–H groups in total. The summed E-state index contributed by atoms with van der Waals surface area (Å²) in [5, 5.41) is 4.53. The van der Waals surface area contributed by atoms with Crippen molar-refractivity contribution in [1.29, 1.82) is 0 Å². The van der Waals surface area contributed by atoms with Crippen LogP contribution in [0.4, 0.5) is 8.78 Å². The normalized spacial score (nSPS) is 14.8. The molecule has 0 atom stereocenters. The number of aromatic nitrogens is 4. The molecule has 1 saturated heterocycles. The summed E-state index contributed by atoms with van der Waals surface area (Å²) in [4.78, 5) is 8.14. The lowest BCUT2D eigenvalue weighted by atomic mass is 10.0. The van der Waals surface area contributed by atoms with Crippen LogP contribution in [-0.2, 0) is 4.74 Å². The van der Waals surface area contributed by atoms with Gasteiger partial charge in [0.05, 0.1) is 32.4 Å². The van der Waals surface area contributed by atoms with Crippen LogP contribution in [0.15, 0.2) is 22.9 Å². The van der Waals surface area contributed by atoms with E-state index in [1.807, 2.05) is 0 Å². The predicted molar refractivity (Wildman–Crippen MR) is 83.9 cm³/mol. The number of methoxy groups -OCH3 is 1. The van der Waals surface area contributed by atoms with Crippen molar-refractivity contribution in [3.63, 3.8) is 0 Å². The molecule has 0 aliphatic carbocycles. The largest absolute Gasteiger partial charge is 0.495 e. The van der Waals surface area contributed by atoms with Crippen LogP contribution in [0.2, 0.25) is 0 Å². The third kappa shape index (κ3) is 2.35. The molecule has 0 unspecified atom stereocenters. The summed E-state index contributed by atoms with van der Waals surface area (Å²) in [5.41, 5.74) is 1.47. The van der Waals surface area contributed by atoms with Crippen LogP contribution in [0.25, 0.3) is 17.0 Å². The van der Waals surface area contributed by atoms with Crippen LogP contribution in [0.5, 0.6) is 5.75 Å². The first-order chi connectivity index (χ1) is 11.6. The molecule has 0 saturated carbocycles. The molecule has 4 heterocycles. The molecule has 9 heteroatoms. The van der Waals surface area contributed by atoms with Crippen LogP contribution in [0.1, 0.15) is 11.6 Å². The first-order valence-electron chi connectivity index (χ1n) is 7.11. The molecule has 1 fully saturated rings. The molecule has 1 aliphatic heterocycles. The Morgan fingerprint density at radius 1 is 1.29 bits per heavy atom. The number of nitrogens with zero attached hydrogens (tertiary/aromatic N) is 4. The number of hydrogen-bond acceptors (Lipinski definition) is 5. The standard InChI is InChI=1S/C15H11BrF2N4O2/c1-23-11-3-12-19-4-10(14-8(17)2-9(18)15(16)20-14)22(12)21-13(11)7-5-24-6-7/h2-4,7H,5-6H2,1H3. The summed E-state index contributed by atoms with van der Waals surface area (Å²) in [5.74, 6) is -0.852. The molecule has 3 aromatic rings. The Morgan fingerprint density at radius 3 is 2.75 bits per heavy atom. The Kier molecular flexibility index (Phi) is 3.69. The molecule has 6 nitrogen and oxygen atoms in total. The lowest BCUT2D eigenvalue weighted by Crippen LogP contribution is -2.27. The van der Waals surface area contributed by atoms with E-state index in [0.717, 1.165) is 6.07 Å². The zero-order valence-corrected chi connectivity index (χ0v) is 14.0. The second-order valence-electron chi connectivity index (χ2n) is 5.34. The van der Waals surface area contributed by atoms with E-state index in [1.54, 1.807) is 13.2 Å². The number of rotatable bonds is 3. The fourth-order valence-electron chi connectivity index (χ4n) is 2.54. The Hall–Kier alpha value is -2.13. The van der Waals surface area contributed by atoms with Gasteiger partial charge in [-0.25, -0.2) is 23.3 Å². The average Bonchev–Trinajstić information content (AvgIpc) is 2.91. The van der Waals surface area contributed by atoms with Gasteiger partial charge in [-0.3, -0.25) is 0 Å². The van der Waals surface area contributed by atoms with Gasteiger partial charge in [-0.2, -0.15) is 5.10 Å². The van der Waals surface area contributed by atoms with Gasteiger partial charge in [-0.15, -0.1) is 0 Å². The van der Waals surface area contributed by atoms with Crippen molar-refractivity contribution in [2.75, 3.05) is 20.3 Å². The van der Waals surface area contributed by atoms with E-state index < -0.39 is 11.6 Å². The fraction of sp³-hybridized carbons (Fsp3) is 0.267. The van der Waals surface area contributed by atoms with Gasteiger partial charge in [0.15, 0.2) is 17.3 Å². The van der Waals surface area contributed by atoms with Gasteiger partial charge < -0.3 is 9.47 Å². The quantitative estimate of drug-likeness (QED) is 0.636. The zero-order chi connectivity index (χ0) is 16.8. The lowest BCUT2D eigenvalue weighted by Gasteiger charge is -2.26. The first kappa shape index (κ1) is 15.4. The average molecular weight is 397 g/mol. The van der Waals surface area contributed by atoms with Crippen LogP contribution < -0.4 is 4.74 Å². The topological polar surface area (TPSA) is 61.5 Å². The van der Waals surface area contributed by atoms with E-state index in [4.69, 9.17) is 9.47 Å². The Bertz CT molecular complexity index is 943. The van der Waals surface area contributed by atoms with Crippen molar-refractivity contribution in [3.8, 4) is 17.1 Å². The summed E-state index contributed by atoms with van der Waals surface area (Å²) < 4.78 is 39.6. The Labute approximate surface area is 143 Å². The SMILES string of the molecule is COc1cc2ncc(-c3nc(Br)c(F)cc3F)n2nc1C1COC1. The van der Waals surface area contributed by atoms with Crippen molar-refractivity contribution < 1.29 is 18.3 Å². The second kappa shape index (κ2) is 5.75. The second-order valence-corrected chi connectivity index (χ2v) is 6.09. The number of fused-ring (bicyclic) bond motifs is 1. The number of imidazole rings is 1. The van der Waals surface area contributed by atoms with E-state index >= 15 is 0 Å². The molecule has 4 rings (SSSR count). The van der Waals surface area contributed by atoms with E-state index in [1.165, 1.54) is 10.7 Å². The highest BCUT2D eigenvalue weighted by Crippen LogP contribution is 2.32. The molecule has 24 heavy (non-hydrogen) atoms. The molecule has 0 amide bonds. The smallest absolute Gasteiger partial charge is 0.158 e. The van der Waals surface area contributed by atoms with E-state index in [-0.39, 0.29) is 16.2 Å². The minimum absolute atomic E-state index is 0.0377. The molecule has 0 spiro atoms. The fourth-order valence-corrected chi connectivity index (χ4v) is 2.83. The summed E-state index contributed by atoms with van der Waals surface area (Å²) >= 11 is 2.97. The van der Waals surface area contributed by atoms with Crippen LogP contribution >= 0.6 is 15.9 Å². The van der Waals surface area contributed by atoms with E-state index in [2.05, 4.69) is 31.0 Å². The highest BCUT2D eigenvalue weighted by atomic mass is 79.9. The van der Waals surface area contributed by atoms with Crippen LogP contribution in [0.3, 0.4) is 0 Å². The van der Waals surface area contributed by atoms with Gasteiger partial charge in [-0.1, -0.05) is 0 Å². The molecule has 0 bridgehead atoms. The summed E-state index contributed by atoms with van der Waals surface area (Å²) in [6.45, 7) is 1.10. The molecule has 0 aromatic carbocycles. The number of ether oxygens (including phenoxy) is 2. The molecular formula is C15H11BrF2N4O2. The minimum Gasteiger partial charge on any atom is -0.495 e. The highest BCUT2D eigenvalue weighted by molar-refractivity contribution is 9.10. The van der Waals surface area contributed by atoms with Crippen molar-refractivity contribution in [3.05, 3.63) is 40.3 Å². The maximum Gasteiger partial charge on any atom is 0.158 e. The van der Waals surface area contributed by atoms with Gasteiger partial charge in [0, 0.05) is 12.1 Å².